The molecule has 0 radical (unpaired) electrons. The van der Waals surface area contributed by atoms with E-state index in [-0.39, 0.29) is 39.2 Å². The number of carbonyl (C=O) groups is 2. The van der Waals surface area contributed by atoms with Gasteiger partial charge < -0.3 is 15.2 Å². The number of carboxylic acids is 1. The van der Waals surface area contributed by atoms with Gasteiger partial charge in [0.15, 0.2) is 0 Å². The van der Waals surface area contributed by atoms with Crippen molar-refractivity contribution in [1.29, 1.82) is 0 Å². The van der Waals surface area contributed by atoms with Gasteiger partial charge in [0.05, 0.1) is 26.8 Å². The molecule has 0 atom stereocenters. The first kappa shape index (κ1) is 19.8. The quantitative estimate of drug-likeness (QED) is 0.452. The molecule has 0 fully saturated rings. The van der Waals surface area contributed by atoms with Crippen LogP contribution < -0.4 is 10.1 Å². The van der Waals surface area contributed by atoms with Crippen molar-refractivity contribution in [3.63, 3.8) is 0 Å². The maximum absolute atomic E-state index is 12.4. The van der Waals surface area contributed by atoms with Crippen LogP contribution in [0.25, 0.3) is 0 Å². The summed E-state index contributed by atoms with van der Waals surface area (Å²) >= 11 is 5.98. The summed E-state index contributed by atoms with van der Waals surface area (Å²) in [5.41, 5.74) is -0.470. The molecule has 0 aliphatic carbocycles. The molecule has 9 nitrogen and oxygen atoms in total. The third kappa shape index (κ3) is 4.47. The Hall–Kier alpha value is -3.98. The Balaban J connectivity index is 1.90. The fraction of sp³-hybridized carbons (Fsp3) is 0. The van der Waals surface area contributed by atoms with Crippen molar-refractivity contribution in [2.75, 3.05) is 5.32 Å². The normalized spacial score (nSPS) is 10.2. The van der Waals surface area contributed by atoms with Crippen LogP contribution in [0, 0.1) is 10.1 Å². The number of carbonyl (C=O) groups excluding carboxylic acids is 1. The topological polar surface area (TPSA) is 132 Å². The number of anilines is 1. The van der Waals surface area contributed by atoms with Crippen molar-refractivity contribution < 1.29 is 24.4 Å². The molecule has 0 spiro atoms. The molecule has 1 aromatic heterocycles. The molecule has 0 aliphatic rings. The number of ether oxygens (including phenoxy) is 1. The molecular formula is C19H12ClN3O6. The number of aromatic carboxylic acids is 1. The molecule has 3 aromatic rings. The molecule has 2 N–H and O–H groups in total. The average molecular weight is 414 g/mol. The molecule has 2 aromatic carbocycles. The third-order valence-electron chi connectivity index (χ3n) is 3.75. The highest BCUT2D eigenvalue weighted by Crippen LogP contribution is 2.31. The number of hydrogen-bond acceptors (Lipinski definition) is 6. The Bertz CT molecular complexity index is 1120. The summed E-state index contributed by atoms with van der Waals surface area (Å²) in [7, 11) is 0. The van der Waals surface area contributed by atoms with Crippen molar-refractivity contribution in [3.05, 3.63) is 87.1 Å². The second-order valence-corrected chi connectivity index (χ2v) is 6.04. The standard InChI is InChI=1S/C19H12ClN3O6/c20-14-5-2-1-4-12(14)17(24)22-15-8-7-11(10-13(15)19(25)26)29-18-16(23(27)28)6-3-9-21-18/h1-10H,(H,22,24)(H,25,26). The zero-order valence-corrected chi connectivity index (χ0v) is 15.3. The van der Waals surface area contributed by atoms with Gasteiger partial charge in [0.2, 0.25) is 0 Å². The highest BCUT2D eigenvalue weighted by Gasteiger charge is 2.19. The number of pyridine rings is 1. The van der Waals surface area contributed by atoms with Crippen LogP contribution in [0.5, 0.6) is 11.6 Å². The first-order valence-corrected chi connectivity index (χ1v) is 8.45. The van der Waals surface area contributed by atoms with E-state index in [1.165, 1.54) is 42.6 Å². The lowest BCUT2D eigenvalue weighted by atomic mass is 10.1. The van der Waals surface area contributed by atoms with E-state index in [9.17, 15) is 24.8 Å². The molecule has 0 aliphatic heterocycles. The van der Waals surface area contributed by atoms with E-state index in [1.807, 2.05) is 0 Å². The summed E-state index contributed by atoms with van der Waals surface area (Å²) in [6.45, 7) is 0. The molecule has 146 valence electrons. The fourth-order valence-electron chi connectivity index (χ4n) is 2.42. The number of nitrogens with one attached hydrogen (secondary N) is 1. The lowest BCUT2D eigenvalue weighted by molar-refractivity contribution is -0.386. The molecule has 0 saturated heterocycles. The van der Waals surface area contributed by atoms with Crippen molar-refractivity contribution in [3.8, 4) is 11.6 Å². The Morgan fingerprint density at radius 2 is 1.86 bits per heavy atom. The molecule has 0 saturated carbocycles. The summed E-state index contributed by atoms with van der Waals surface area (Å²) in [5.74, 6) is -2.21. The molecule has 1 heterocycles. The number of halogens is 1. The molecular weight excluding hydrogens is 402 g/mol. The minimum atomic E-state index is -1.33. The van der Waals surface area contributed by atoms with Gasteiger partial charge >= 0.3 is 11.7 Å². The predicted molar refractivity (Wildman–Crippen MR) is 104 cm³/mol. The van der Waals surface area contributed by atoms with Crippen molar-refractivity contribution >= 4 is 34.9 Å². The highest BCUT2D eigenvalue weighted by atomic mass is 35.5. The van der Waals surface area contributed by atoms with E-state index < -0.39 is 16.8 Å². The molecule has 29 heavy (non-hydrogen) atoms. The first-order chi connectivity index (χ1) is 13.9. The highest BCUT2D eigenvalue weighted by molar-refractivity contribution is 6.34. The van der Waals surface area contributed by atoms with Crippen LogP contribution in [0.2, 0.25) is 5.02 Å². The van der Waals surface area contributed by atoms with Crippen LogP contribution in [-0.2, 0) is 0 Å². The summed E-state index contributed by atoms with van der Waals surface area (Å²) in [6.07, 6.45) is 1.30. The van der Waals surface area contributed by atoms with E-state index in [0.29, 0.717) is 0 Å². The molecule has 3 rings (SSSR count). The SMILES string of the molecule is O=C(Nc1ccc(Oc2ncccc2[N+](=O)[O-])cc1C(=O)O)c1ccccc1Cl. The van der Waals surface area contributed by atoms with E-state index in [1.54, 1.807) is 12.1 Å². The summed E-state index contributed by atoms with van der Waals surface area (Å²) < 4.78 is 5.38. The van der Waals surface area contributed by atoms with Crippen LogP contribution in [0.15, 0.2) is 60.8 Å². The average Bonchev–Trinajstić information content (AvgIpc) is 2.69. The van der Waals surface area contributed by atoms with Gasteiger partial charge in [0, 0.05) is 12.3 Å². The number of amides is 1. The molecule has 10 heteroatoms. The smallest absolute Gasteiger partial charge is 0.337 e. The van der Waals surface area contributed by atoms with Gasteiger partial charge in [0.25, 0.3) is 11.8 Å². The monoisotopic (exact) mass is 413 g/mol. The number of hydrogen-bond donors (Lipinski definition) is 2. The Morgan fingerprint density at radius 3 is 2.55 bits per heavy atom. The minimum Gasteiger partial charge on any atom is -0.478 e. The van der Waals surface area contributed by atoms with Gasteiger partial charge in [-0.05, 0) is 36.4 Å². The van der Waals surface area contributed by atoms with E-state index in [4.69, 9.17) is 16.3 Å². The first-order valence-electron chi connectivity index (χ1n) is 8.07. The van der Waals surface area contributed by atoms with Crippen LogP contribution in [-0.4, -0.2) is 26.9 Å². The van der Waals surface area contributed by atoms with Gasteiger partial charge in [-0.2, -0.15) is 0 Å². The Labute approximate surface area is 168 Å². The molecule has 1 amide bonds. The van der Waals surface area contributed by atoms with Crippen molar-refractivity contribution in [2.45, 2.75) is 0 Å². The maximum Gasteiger partial charge on any atom is 0.337 e. The number of nitrogens with zero attached hydrogens (tertiary/aromatic N) is 2. The number of carboxylic acid groups (broad SMARTS) is 1. The summed E-state index contributed by atoms with van der Waals surface area (Å²) in [4.78, 5) is 38.2. The summed E-state index contributed by atoms with van der Waals surface area (Å²) in [5, 5.41) is 23.2. The van der Waals surface area contributed by atoms with E-state index in [2.05, 4.69) is 10.3 Å². The van der Waals surface area contributed by atoms with Crippen LogP contribution in [0.4, 0.5) is 11.4 Å². The van der Waals surface area contributed by atoms with E-state index in [0.717, 1.165) is 6.07 Å². The summed E-state index contributed by atoms with van der Waals surface area (Å²) in [6, 6.07) is 12.7. The predicted octanol–water partition coefficient (Wildman–Crippen LogP) is 4.39. The third-order valence-corrected chi connectivity index (χ3v) is 4.08. The molecule has 0 bridgehead atoms. The van der Waals surface area contributed by atoms with Gasteiger partial charge in [-0.15, -0.1) is 0 Å². The van der Waals surface area contributed by atoms with Crippen molar-refractivity contribution in [2.24, 2.45) is 0 Å². The number of benzene rings is 2. The number of aromatic nitrogens is 1. The second kappa shape index (κ2) is 8.36. The van der Waals surface area contributed by atoms with Gasteiger partial charge in [-0.1, -0.05) is 23.7 Å². The number of nitro groups is 1. The van der Waals surface area contributed by atoms with Gasteiger partial charge in [-0.25, -0.2) is 9.78 Å². The second-order valence-electron chi connectivity index (χ2n) is 5.63. The Kier molecular flexibility index (Phi) is 5.70. The van der Waals surface area contributed by atoms with Gasteiger partial charge in [0.1, 0.15) is 5.75 Å². The van der Waals surface area contributed by atoms with E-state index >= 15 is 0 Å². The molecule has 0 unspecified atom stereocenters. The number of rotatable bonds is 6. The zero-order valence-electron chi connectivity index (χ0n) is 14.5. The fourth-order valence-corrected chi connectivity index (χ4v) is 2.64. The van der Waals surface area contributed by atoms with Gasteiger partial charge in [-0.3, -0.25) is 14.9 Å². The Morgan fingerprint density at radius 1 is 1.10 bits per heavy atom. The largest absolute Gasteiger partial charge is 0.478 e. The minimum absolute atomic E-state index is 0.0000532. The lowest BCUT2D eigenvalue weighted by Gasteiger charge is -2.11. The van der Waals surface area contributed by atoms with Crippen LogP contribution in [0.3, 0.4) is 0 Å². The van der Waals surface area contributed by atoms with Crippen LogP contribution >= 0.6 is 11.6 Å². The maximum atomic E-state index is 12.4. The zero-order chi connectivity index (χ0) is 21.0. The van der Waals surface area contributed by atoms with Crippen molar-refractivity contribution in [1.82, 2.24) is 4.98 Å². The lowest BCUT2D eigenvalue weighted by Crippen LogP contribution is -2.15. The van der Waals surface area contributed by atoms with Crippen LogP contribution in [0.1, 0.15) is 20.7 Å².